The molecule has 1 aromatic heterocycles. The van der Waals surface area contributed by atoms with Gasteiger partial charge in [0.15, 0.2) is 9.04 Å². The minimum absolute atomic E-state index is 0.0379. The first-order valence-corrected chi connectivity index (χ1v) is 18.0. The van der Waals surface area contributed by atoms with Crippen LogP contribution in [0.2, 0.25) is 11.1 Å². The van der Waals surface area contributed by atoms with Crippen molar-refractivity contribution in [1.82, 2.24) is 4.98 Å². The lowest BCUT2D eigenvalue weighted by Crippen LogP contribution is -2.42. The Morgan fingerprint density at radius 1 is 1.17 bits per heavy atom. The first kappa shape index (κ1) is 37.4. The van der Waals surface area contributed by atoms with E-state index in [0.717, 1.165) is 48.0 Å². The molecule has 0 radical (unpaired) electrons. The van der Waals surface area contributed by atoms with Gasteiger partial charge in [0.05, 0.1) is 16.8 Å². The fraction of sp³-hybridized carbons (Fsp3) is 0.727. The molecule has 1 rings (SSSR count). The van der Waals surface area contributed by atoms with Gasteiger partial charge in [-0.2, -0.15) is 0 Å². The highest BCUT2D eigenvalue weighted by molar-refractivity contribution is 7.09. The fourth-order valence-corrected chi connectivity index (χ4v) is 8.48. The number of aliphatic hydroxyl groups is 1. The van der Waals surface area contributed by atoms with E-state index in [2.05, 4.69) is 52.6 Å². The summed E-state index contributed by atoms with van der Waals surface area (Å²) in [5.41, 5.74) is 2.31. The summed E-state index contributed by atoms with van der Waals surface area (Å²) in [5.74, 6) is -0.608. The van der Waals surface area contributed by atoms with E-state index in [1.54, 1.807) is 11.3 Å². The minimum Gasteiger partial charge on any atom is -0.479 e. The highest BCUT2D eigenvalue weighted by atomic mass is 32.1. The molecule has 5 atom stereocenters. The van der Waals surface area contributed by atoms with Crippen LogP contribution in [-0.4, -0.2) is 48.2 Å². The second kappa shape index (κ2) is 16.9. The predicted molar refractivity (Wildman–Crippen MR) is 175 cm³/mol. The number of nitrogens with zero attached hydrogens (tertiary/aromatic N) is 1. The zero-order chi connectivity index (χ0) is 31.5. The Labute approximate surface area is 255 Å². The van der Waals surface area contributed by atoms with E-state index in [4.69, 9.17) is 4.43 Å². The Balaban J connectivity index is 2.58. The topological polar surface area (TPSA) is 96.7 Å². The van der Waals surface area contributed by atoms with Gasteiger partial charge in [-0.3, -0.25) is 4.79 Å². The molecule has 0 saturated carbocycles. The number of aliphatic carboxylic acids is 1. The van der Waals surface area contributed by atoms with E-state index < -0.39 is 32.6 Å². The molecule has 8 heteroatoms. The van der Waals surface area contributed by atoms with E-state index in [1.165, 1.54) is 5.57 Å². The number of allylic oxidation sites excluding steroid dienone is 1. The summed E-state index contributed by atoms with van der Waals surface area (Å²) in [6.07, 6.45) is 7.20. The highest BCUT2D eigenvalue weighted by Gasteiger charge is 2.39. The third-order valence-corrected chi connectivity index (χ3v) is 12.1. The number of thiazole rings is 1. The molecule has 0 bridgehead atoms. The van der Waals surface area contributed by atoms with E-state index in [0.29, 0.717) is 12.3 Å². The maximum atomic E-state index is 13.4. The van der Waals surface area contributed by atoms with Gasteiger partial charge in [0.1, 0.15) is 11.9 Å². The zero-order valence-corrected chi connectivity index (χ0v) is 29.5. The van der Waals surface area contributed by atoms with E-state index >= 15 is 0 Å². The molecule has 41 heavy (non-hydrogen) atoms. The molecule has 0 amide bonds. The van der Waals surface area contributed by atoms with Gasteiger partial charge in [0.25, 0.3) is 0 Å². The van der Waals surface area contributed by atoms with Gasteiger partial charge in [0, 0.05) is 16.7 Å². The Morgan fingerprint density at radius 3 is 2.32 bits per heavy atom. The minimum atomic E-state index is -1.75. The van der Waals surface area contributed by atoms with Crippen molar-refractivity contribution < 1.29 is 24.2 Å². The summed E-state index contributed by atoms with van der Waals surface area (Å²) < 4.78 is 6.18. The number of aryl methyl sites for hydroxylation is 1. The highest BCUT2D eigenvalue weighted by Crippen LogP contribution is 2.35. The number of carboxylic acid groups (broad SMARTS) is 1. The molecule has 0 aliphatic rings. The van der Waals surface area contributed by atoms with Crippen LogP contribution < -0.4 is 0 Å². The van der Waals surface area contributed by atoms with E-state index in [-0.39, 0.29) is 23.2 Å². The lowest BCUT2D eigenvalue weighted by molar-refractivity contribution is -0.148. The van der Waals surface area contributed by atoms with Crippen molar-refractivity contribution in [2.75, 3.05) is 0 Å². The molecule has 0 saturated heterocycles. The maximum absolute atomic E-state index is 13.4. The Kier molecular flexibility index (Phi) is 15.4. The number of carbonyl (C=O) groups excluding carboxylic acids is 1. The lowest BCUT2D eigenvalue weighted by Gasteiger charge is -2.34. The number of Topliss-reactive ketones (excluding diaryl/α,β-unsaturated/α-hetero) is 1. The zero-order valence-electron chi connectivity index (χ0n) is 27.5. The van der Waals surface area contributed by atoms with Crippen LogP contribution in [0.1, 0.15) is 118 Å². The summed E-state index contributed by atoms with van der Waals surface area (Å²) >= 11 is 1.61. The second-order valence-corrected chi connectivity index (χ2v) is 18.7. The van der Waals surface area contributed by atoms with Crippen LogP contribution in [0.15, 0.2) is 22.6 Å². The smallest absolute Gasteiger partial charge is 0.331 e. The number of rotatable bonds is 18. The third kappa shape index (κ3) is 13.5. The van der Waals surface area contributed by atoms with Gasteiger partial charge in [-0.05, 0) is 81.5 Å². The van der Waals surface area contributed by atoms with Crippen molar-refractivity contribution in [3.8, 4) is 0 Å². The Bertz CT molecular complexity index is 1040. The summed E-state index contributed by atoms with van der Waals surface area (Å²) in [6.45, 7) is 22.3. The first-order valence-electron chi connectivity index (χ1n) is 15.2. The molecule has 2 N–H and O–H groups in total. The van der Waals surface area contributed by atoms with E-state index in [9.17, 15) is 19.8 Å². The van der Waals surface area contributed by atoms with Gasteiger partial charge < -0.3 is 14.6 Å². The average molecular weight is 608 g/mol. The number of aliphatic hydroxyl groups excluding tert-OH is 1. The van der Waals surface area contributed by atoms with Crippen LogP contribution in [0.25, 0.3) is 6.08 Å². The number of carboxylic acids is 1. The summed E-state index contributed by atoms with van der Waals surface area (Å²) in [7, 11) is -1.75. The molecule has 0 aliphatic heterocycles. The number of ketones is 1. The van der Waals surface area contributed by atoms with Crippen molar-refractivity contribution in [2.45, 2.75) is 138 Å². The van der Waals surface area contributed by atoms with Crippen LogP contribution in [0.3, 0.4) is 0 Å². The van der Waals surface area contributed by atoms with Crippen molar-refractivity contribution >= 4 is 38.2 Å². The van der Waals surface area contributed by atoms with Gasteiger partial charge in [0.2, 0.25) is 0 Å². The summed E-state index contributed by atoms with van der Waals surface area (Å²) in [6, 6.07) is 0.856. The van der Waals surface area contributed by atoms with Crippen LogP contribution in [0, 0.1) is 24.2 Å². The Morgan fingerprint density at radius 2 is 1.80 bits per heavy atom. The van der Waals surface area contributed by atoms with Crippen LogP contribution >= 0.6 is 11.3 Å². The monoisotopic (exact) mass is 607 g/mol. The van der Waals surface area contributed by atoms with Gasteiger partial charge >= 0.3 is 5.97 Å². The number of hydrogen-bond donors (Lipinski definition) is 2. The average Bonchev–Trinajstić information content (AvgIpc) is 3.27. The molecule has 6 nitrogen and oxygen atoms in total. The maximum Gasteiger partial charge on any atom is 0.331 e. The first-order chi connectivity index (χ1) is 18.9. The largest absolute Gasteiger partial charge is 0.479 e. The predicted octanol–water partition coefficient (Wildman–Crippen LogP) is 8.38. The van der Waals surface area contributed by atoms with Crippen LogP contribution in [0.4, 0.5) is 0 Å². The van der Waals surface area contributed by atoms with Crippen LogP contribution in [-0.2, 0) is 14.0 Å². The van der Waals surface area contributed by atoms with Crippen molar-refractivity contribution in [1.29, 1.82) is 0 Å². The molecular weight excluding hydrogens is 551 g/mol. The molecule has 1 unspecified atom stereocenters. The van der Waals surface area contributed by atoms with Gasteiger partial charge in [-0.15, -0.1) is 11.3 Å². The normalized spacial score (nSPS) is 17.2. The van der Waals surface area contributed by atoms with Gasteiger partial charge in [-0.25, -0.2) is 9.78 Å². The molecule has 1 aromatic rings. The standard InChI is InChI=1S/C33H57NO5SSi/c1-12-41(32(7,8)9)39-29(31(37)38)20-33(10,11)30(36)25(5)18-23(3)15-13-14-22(2)16-17-28(35)24(4)19-27-21-40-26(6)34-27/h16,19,21,23,25,28-29,35,41H,12-15,17-18,20H2,1-11H3,(H,37,38)/b22-16+,24-19+/t23-,25-,28-,29-,41?/m1/s1. The van der Waals surface area contributed by atoms with Crippen molar-refractivity contribution in [3.63, 3.8) is 0 Å². The molecule has 234 valence electrons. The SMILES string of the molecule is CC[SiH](O[C@H](CC(C)(C)C(=O)[C@H](C)C[C@H](C)CCC/C(C)=C/C[C@@H](O)/C(C)=C/c1csc(C)n1)C(=O)O)C(C)(C)C. The third-order valence-electron chi connectivity index (χ3n) is 8.00. The quantitative estimate of drug-likeness (QED) is 0.129. The van der Waals surface area contributed by atoms with Crippen molar-refractivity contribution in [2.24, 2.45) is 17.3 Å². The Hall–Kier alpha value is -1.61. The number of hydrogen-bond acceptors (Lipinski definition) is 6. The van der Waals surface area contributed by atoms with Crippen LogP contribution in [0.5, 0.6) is 0 Å². The number of aromatic nitrogens is 1. The second-order valence-electron chi connectivity index (χ2n) is 13.8. The molecule has 0 fully saturated rings. The molecule has 0 spiro atoms. The molecular formula is C33H57NO5SSi. The molecule has 0 aliphatic carbocycles. The summed E-state index contributed by atoms with van der Waals surface area (Å²) in [5, 5.41) is 23.4. The lowest BCUT2D eigenvalue weighted by atomic mass is 9.75. The van der Waals surface area contributed by atoms with Gasteiger partial charge in [-0.1, -0.05) is 73.5 Å². The molecule has 0 aromatic carbocycles. The van der Waals surface area contributed by atoms with Crippen molar-refractivity contribution in [3.05, 3.63) is 33.3 Å². The number of carbonyl (C=O) groups is 2. The molecule has 1 heterocycles. The fourth-order valence-electron chi connectivity index (χ4n) is 5.47. The van der Waals surface area contributed by atoms with E-state index in [1.807, 2.05) is 46.1 Å². The summed E-state index contributed by atoms with van der Waals surface area (Å²) in [4.78, 5) is 29.9.